The number of benzene rings is 1. The summed E-state index contributed by atoms with van der Waals surface area (Å²) in [5, 5.41) is 0. The maximum absolute atomic E-state index is 12.1. The van der Waals surface area contributed by atoms with Gasteiger partial charge in [-0.2, -0.15) is 0 Å². The van der Waals surface area contributed by atoms with Gasteiger partial charge in [-0.1, -0.05) is 35.8 Å². The first-order valence-corrected chi connectivity index (χ1v) is 8.01. The van der Waals surface area contributed by atoms with Crippen molar-refractivity contribution in [3.05, 3.63) is 28.7 Å². The molecule has 17 heavy (non-hydrogen) atoms. The summed E-state index contributed by atoms with van der Waals surface area (Å²) in [5.41, 5.74) is 0. The van der Waals surface area contributed by atoms with Crippen molar-refractivity contribution in [1.29, 1.82) is 0 Å². The molecule has 0 bridgehead atoms. The fourth-order valence-corrected chi connectivity index (χ4v) is 3.75. The van der Waals surface area contributed by atoms with Gasteiger partial charge in [0.1, 0.15) is 0 Å². The monoisotopic (exact) mass is 339 g/mol. The molecule has 0 aliphatic heterocycles. The Bertz CT molecular complexity index is 476. The minimum Gasteiger partial charge on any atom is -0.207 e. The number of hydrogen-bond donors (Lipinski definition) is 1. The molecule has 1 aromatic carbocycles. The molecular weight excluding hydrogens is 326 g/mol. The first-order chi connectivity index (χ1) is 7.86. The molecule has 0 heterocycles. The average Bonchev–Trinajstić information content (AvgIpc) is 2.25. The van der Waals surface area contributed by atoms with E-state index < -0.39 is 10.0 Å². The van der Waals surface area contributed by atoms with Crippen LogP contribution in [0.3, 0.4) is 0 Å². The summed E-state index contributed by atoms with van der Waals surface area (Å²) in [6, 6.07) is 6.32. The van der Waals surface area contributed by atoms with Gasteiger partial charge in [0, 0.05) is 16.4 Å². The van der Waals surface area contributed by atoms with Crippen LogP contribution in [0.2, 0.25) is 0 Å². The Balaban J connectivity index is 2.96. The van der Waals surface area contributed by atoms with E-state index in [2.05, 4.69) is 20.7 Å². The zero-order valence-corrected chi connectivity index (χ0v) is 12.8. The smallest absolute Gasteiger partial charge is 0.207 e. The van der Waals surface area contributed by atoms with Crippen LogP contribution in [-0.2, 0) is 10.0 Å². The molecule has 0 amide bonds. The summed E-state index contributed by atoms with van der Waals surface area (Å²) in [4.78, 5) is 0.239. The van der Waals surface area contributed by atoms with Gasteiger partial charge in [0.15, 0.2) is 0 Å². The van der Waals surface area contributed by atoms with Crippen molar-refractivity contribution in [2.24, 2.45) is 5.92 Å². The summed E-state index contributed by atoms with van der Waals surface area (Å²) < 4.78 is 27.5. The quantitative estimate of drug-likeness (QED) is 0.838. The first kappa shape index (κ1) is 15.0. The Hall–Kier alpha value is -0.100. The van der Waals surface area contributed by atoms with Gasteiger partial charge >= 0.3 is 0 Å². The van der Waals surface area contributed by atoms with Crippen molar-refractivity contribution in [1.82, 2.24) is 4.72 Å². The number of sulfonamides is 1. The highest BCUT2D eigenvalue weighted by Crippen LogP contribution is 2.17. The van der Waals surface area contributed by atoms with Crippen molar-refractivity contribution in [2.75, 3.05) is 5.88 Å². The molecule has 1 atom stereocenters. The molecule has 0 radical (unpaired) electrons. The van der Waals surface area contributed by atoms with Crippen molar-refractivity contribution in [2.45, 2.75) is 24.8 Å². The molecule has 0 aliphatic rings. The lowest BCUT2D eigenvalue weighted by Crippen LogP contribution is -2.39. The second kappa shape index (κ2) is 6.18. The van der Waals surface area contributed by atoms with E-state index in [4.69, 9.17) is 11.6 Å². The zero-order chi connectivity index (χ0) is 13.1. The lowest BCUT2D eigenvalue weighted by molar-refractivity contribution is 0.480. The third-order valence-corrected chi connectivity index (χ3v) is 4.70. The van der Waals surface area contributed by atoms with Crippen molar-refractivity contribution < 1.29 is 8.42 Å². The van der Waals surface area contributed by atoms with E-state index in [0.717, 1.165) is 4.47 Å². The lowest BCUT2D eigenvalue weighted by Gasteiger charge is -2.19. The van der Waals surface area contributed by atoms with Gasteiger partial charge in [0.05, 0.1) is 4.90 Å². The summed E-state index contributed by atoms with van der Waals surface area (Å²) in [6.45, 7) is 3.85. The molecule has 6 heteroatoms. The maximum atomic E-state index is 12.1. The van der Waals surface area contributed by atoms with Crippen LogP contribution < -0.4 is 4.72 Å². The molecular formula is C11H15BrClNO2S. The van der Waals surface area contributed by atoms with E-state index in [1.54, 1.807) is 24.3 Å². The SMILES string of the molecule is CC(C)C(CCl)NS(=O)(=O)c1cccc(Br)c1. The summed E-state index contributed by atoms with van der Waals surface area (Å²) in [5.74, 6) is 0.402. The first-order valence-electron chi connectivity index (χ1n) is 5.20. The predicted molar refractivity (Wildman–Crippen MR) is 73.8 cm³/mol. The standard InChI is InChI=1S/C11H15BrClNO2S/c1-8(2)11(7-13)14-17(15,16)10-5-3-4-9(12)6-10/h3-6,8,11,14H,7H2,1-2H3. The van der Waals surface area contributed by atoms with E-state index in [9.17, 15) is 8.42 Å². The second-order valence-electron chi connectivity index (χ2n) is 4.08. The lowest BCUT2D eigenvalue weighted by atomic mass is 10.1. The van der Waals surface area contributed by atoms with E-state index in [0.29, 0.717) is 0 Å². The minimum absolute atomic E-state index is 0.148. The third kappa shape index (κ3) is 4.25. The van der Waals surface area contributed by atoms with E-state index in [1.165, 1.54) is 0 Å². The maximum Gasteiger partial charge on any atom is 0.240 e. The number of alkyl halides is 1. The van der Waals surface area contributed by atoms with Gasteiger partial charge in [0.25, 0.3) is 0 Å². The highest BCUT2D eigenvalue weighted by Gasteiger charge is 2.21. The van der Waals surface area contributed by atoms with Crippen molar-refractivity contribution >= 4 is 37.6 Å². The van der Waals surface area contributed by atoms with Gasteiger partial charge in [-0.25, -0.2) is 13.1 Å². The number of rotatable bonds is 5. The zero-order valence-electron chi connectivity index (χ0n) is 9.65. The van der Waals surface area contributed by atoms with Gasteiger partial charge in [-0.05, 0) is 24.1 Å². The number of hydrogen-bond acceptors (Lipinski definition) is 2. The topological polar surface area (TPSA) is 46.2 Å². The molecule has 3 nitrogen and oxygen atoms in total. The Labute approximate surface area is 116 Å². The van der Waals surface area contributed by atoms with E-state index >= 15 is 0 Å². The molecule has 0 saturated carbocycles. The van der Waals surface area contributed by atoms with Crippen LogP contribution in [0.25, 0.3) is 0 Å². The van der Waals surface area contributed by atoms with Gasteiger partial charge in [-0.3, -0.25) is 0 Å². The summed E-state index contributed by atoms with van der Waals surface area (Å²) in [6.07, 6.45) is 0. The Morgan fingerprint density at radius 1 is 1.41 bits per heavy atom. The Morgan fingerprint density at radius 2 is 2.06 bits per heavy atom. The molecule has 0 aromatic heterocycles. The van der Waals surface area contributed by atoms with Gasteiger partial charge < -0.3 is 0 Å². The van der Waals surface area contributed by atoms with E-state index in [1.807, 2.05) is 13.8 Å². The van der Waals surface area contributed by atoms with Gasteiger partial charge in [-0.15, -0.1) is 11.6 Å². The normalized spacial score (nSPS) is 13.9. The van der Waals surface area contributed by atoms with Gasteiger partial charge in [0.2, 0.25) is 10.0 Å². The number of nitrogens with one attached hydrogen (secondary N) is 1. The van der Waals surface area contributed by atoms with Crippen LogP contribution in [-0.4, -0.2) is 20.3 Å². The molecule has 0 fully saturated rings. The molecule has 1 N–H and O–H groups in total. The van der Waals surface area contributed by atoms with Crippen LogP contribution >= 0.6 is 27.5 Å². The van der Waals surface area contributed by atoms with Crippen LogP contribution in [0.5, 0.6) is 0 Å². The molecule has 1 aromatic rings. The molecule has 0 saturated heterocycles. The fraction of sp³-hybridized carbons (Fsp3) is 0.455. The largest absolute Gasteiger partial charge is 0.240 e. The third-order valence-electron chi connectivity index (χ3n) is 2.38. The highest BCUT2D eigenvalue weighted by molar-refractivity contribution is 9.10. The van der Waals surface area contributed by atoms with Crippen LogP contribution in [0.1, 0.15) is 13.8 Å². The number of halogens is 2. The minimum atomic E-state index is -3.50. The highest BCUT2D eigenvalue weighted by atomic mass is 79.9. The molecule has 0 spiro atoms. The summed E-state index contributed by atoms with van der Waals surface area (Å²) >= 11 is 9.00. The molecule has 0 aliphatic carbocycles. The molecule has 1 rings (SSSR count). The molecule has 96 valence electrons. The van der Waals surface area contributed by atoms with Crippen LogP contribution in [0, 0.1) is 5.92 Å². The Morgan fingerprint density at radius 3 is 2.53 bits per heavy atom. The van der Waals surface area contributed by atoms with Crippen molar-refractivity contribution in [3.63, 3.8) is 0 Å². The fourth-order valence-electron chi connectivity index (χ4n) is 1.25. The van der Waals surface area contributed by atoms with Crippen LogP contribution in [0.4, 0.5) is 0 Å². The predicted octanol–water partition coefficient (Wildman–Crippen LogP) is 2.99. The summed E-state index contributed by atoms with van der Waals surface area (Å²) in [7, 11) is -3.50. The second-order valence-corrected chi connectivity index (χ2v) is 7.02. The van der Waals surface area contributed by atoms with Crippen LogP contribution in [0.15, 0.2) is 33.6 Å². The Kier molecular flexibility index (Phi) is 5.44. The average molecular weight is 341 g/mol. The molecule has 1 unspecified atom stereocenters. The van der Waals surface area contributed by atoms with Crippen molar-refractivity contribution in [3.8, 4) is 0 Å². The van der Waals surface area contributed by atoms with E-state index in [-0.39, 0.29) is 22.7 Å².